The Labute approximate surface area is 105 Å². The summed E-state index contributed by atoms with van der Waals surface area (Å²) >= 11 is 0. The SMILES string of the molecule is Cc1nccc(-c2ccccc2)c1/C=C/C(=O)O. The summed E-state index contributed by atoms with van der Waals surface area (Å²) in [6.45, 7) is 1.87. The molecule has 3 nitrogen and oxygen atoms in total. The number of hydrogen-bond donors (Lipinski definition) is 1. The van der Waals surface area contributed by atoms with Crippen LogP contribution in [0.3, 0.4) is 0 Å². The Kier molecular flexibility index (Phi) is 3.53. The molecule has 3 heteroatoms. The molecule has 18 heavy (non-hydrogen) atoms. The topological polar surface area (TPSA) is 50.2 Å². The number of carboxylic acid groups (broad SMARTS) is 1. The molecule has 1 N–H and O–H groups in total. The van der Waals surface area contributed by atoms with Crippen LogP contribution in [-0.4, -0.2) is 16.1 Å². The predicted octanol–water partition coefficient (Wildman–Crippen LogP) is 3.15. The van der Waals surface area contributed by atoms with Crippen molar-refractivity contribution in [2.75, 3.05) is 0 Å². The minimum absolute atomic E-state index is 0.814. The van der Waals surface area contributed by atoms with Gasteiger partial charge in [0.1, 0.15) is 0 Å². The van der Waals surface area contributed by atoms with Crippen LogP contribution in [0.1, 0.15) is 11.3 Å². The van der Waals surface area contributed by atoms with Crippen molar-refractivity contribution < 1.29 is 9.90 Å². The van der Waals surface area contributed by atoms with E-state index in [1.54, 1.807) is 12.3 Å². The van der Waals surface area contributed by atoms with E-state index >= 15 is 0 Å². The van der Waals surface area contributed by atoms with E-state index in [-0.39, 0.29) is 0 Å². The molecule has 0 fully saturated rings. The summed E-state index contributed by atoms with van der Waals surface area (Å²) < 4.78 is 0. The van der Waals surface area contributed by atoms with Gasteiger partial charge in [-0.3, -0.25) is 4.98 Å². The Morgan fingerprint density at radius 3 is 2.61 bits per heavy atom. The van der Waals surface area contributed by atoms with Crippen molar-refractivity contribution in [3.8, 4) is 11.1 Å². The van der Waals surface area contributed by atoms with Crippen LogP contribution in [0.2, 0.25) is 0 Å². The zero-order valence-corrected chi connectivity index (χ0v) is 10.00. The highest BCUT2D eigenvalue weighted by Gasteiger charge is 2.06. The molecule has 0 saturated heterocycles. The molecular weight excluding hydrogens is 226 g/mol. The first-order valence-electron chi connectivity index (χ1n) is 5.60. The summed E-state index contributed by atoms with van der Waals surface area (Å²) in [4.78, 5) is 14.8. The van der Waals surface area contributed by atoms with Gasteiger partial charge in [0.05, 0.1) is 0 Å². The third kappa shape index (κ3) is 2.63. The maximum absolute atomic E-state index is 10.6. The standard InChI is InChI=1S/C15H13NO2/c1-11-13(7-8-15(17)18)14(9-10-16-11)12-5-3-2-4-6-12/h2-10H,1H3,(H,17,18)/b8-7+. The summed E-state index contributed by atoms with van der Waals surface area (Å²) in [5.41, 5.74) is 3.69. The van der Waals surface area contributed by atoms with E-state index in [1.165, 1.54) is 0 Å². The molecule has 0 amide bonds. The quantitative estimate of drug-likeness (QED) is 0.837. The summed E-state index contributed by atoms with van der Waals surface area (Å²) in [5.74, 6) is -0.961. The van der Waals surface area contributed by atoms with Crippen molar-refractivity contribution in [2.24, 2.45) is 0 Å². The number of carbonyl (C=O) groups is 1. The highest BCUT2D eigenvalue weighted by atomic mass is 16.4. The van der Waals surface area contributed by atoms with Crippen LogP contribution in [0.25, 0.3) is 17.2 Å². The first kappa shape index (κ1) is 12.0. The first-order chi connectivity index (χ1) is 8.68. The van der Waals surface area contributed by atoms with E-state index in [4.69, 9.17) is 5.11 Å². The molecule has 0 spiro atoms. The van der Waals surface area contributed by atoms with Crippen LogP contribution >= 0.6 is 0 Å². The van der Waals surface area contributed by atoms with Crippen LogP contribution < -0.4 is 0 Å². The smallest absolute Gasteiger partial charge is 0.328 e. The van der Waals surface area contributed by atoms with Crippen LogP contribution in [0.15, 0.2) is 48.7 Å². The third-order valence-electron chi connectivity index (χ3n) is 2.67. The van der Waals surface area contributed by atoms with Crippen molar-refractivity contribution in [1.29, 1.82) is 0 Å². The lowest BCUT2D eigenvalue weighted by atomic mass is 9.99. The average molecular weight is 239 g/mol. The fourth-order valence-electron chi connectivity index (χ4n) is 1.81. The first-order valence-corrected chi connectivity index (χ1v) is 5.60. The Morgan fingerprint density at radius 2 is 1.94 bits per heavy atom. The second kappa shape index (κ2) is 5.27. The number of rotatable bonds is 3. The summed E-state index contributed by atoms with van der Waals surface area (Å²) in [7, 11) is 0. The number of carboxylic acids is 1. The van der Waals surface area contributed by atoms with E-state index in [9.17, 15) is 4.79 Å². The lowest BCUT2D eigenvalue weighted by Crippen LogP contribution is -1.92. The van der Waals surface area contributed by atoms with Crippen LogP contribution in [0.4, 0.5) is 0 Å². The summed E-state index contributed by atoms with van der Waals surface area (Å²) in [5, 5.41) is 8.72. The van der Waals surface area contributed by atoms with Crippen molar-refractivity contribution in [3.63, 3.8) is 0 Å². The number of aromatic nitrogens is 1. The highest BCUT2D eigenvalue weighted by molar-refractivity contribution is 5.88. The van der Waals surface area contributed by atoms with E-state index in [0.29, 0.717) is 0 Å². The molecule has 90 valence electrons. The van der Waals surface area contributed by atoms with Crippen LogP contribution in [0.5, 0.6) is 0 Å². The predicted molar refractivity (Wildman–Crippen MR) is 71.1 cm³/mol. The van der Waals surface area contributed by atoms with E-state index in [1.807, 2.05) is 43.3 Å². The minimum atomic E-state index is -0.961. The molecule has 0 atom stereocenters. The van der Waals surface area contributed by atoms with Gasteiger partial charge in [-0.25, -0.2) is 4.79 Å². The fourth-order valence-corrected chi connectivity index (χ4v) is 1.81. The molecule has 0 aliphatic rings. The molecule has 0 bridgehead atoms. The molecule has 0 saturated carbocycles. The summed E-state index contributed by atoms with van der Waals surface area (Å²) in [6, 6.07) is 11.7. The monoisotopic (exact) mass is 239 g/mol. The second-order valence-electron chi connectivity index (χ2n) is 3.90. The van der Waals surface area contributed by atoms with Crippen molar-refractivity contribution >= 4 is 12.0 Å². The van der Waals surface area contributed by atoms with Gasteiger partial charge >= 0.3 is 5.97 Å². The molecule has 0 radical (unpaired) electrons. The van der Waals surface area contributed by atoms with Gasteiger partial charge in [-0.15, -0.1) is 0 Å². The van der Waals surface area contributed by atoms with Crippen molar-refractivity contribution in [1.82, 2.24) is 4.98 Å². The summed E-state index contributed by atoms with van der Waals surface area (Å²) in [6.07, 6.45) is 4.46. The second-order valence-corrected chi connectivity index (χ2v) is 3.90. The van der Waals surface area contributed by atoms with Crippen LogP contribution in [-0.2, 0) is 4.79 Å². The van der Waals surface area contributed by atoms with E-state index in [2.05, 4.69) is 4.98 Å². The zero-order valence-electron chi connectivity index (χ0n) is 10.00. The van der Waals surface area contributed by atoms with E-state index < -0.39 is 5.97 Å². The molecule has 2 rings (SSSR count). The molecular formula is C15H13NO2. The number of aliphatic carboxylic acids is 1. The van der Waals surface area contributed by atoms with Gasteiger partial charge in [0.15, 0.2) is 0 Å². The number of pyridine rings is 1. The Morgan fingerprint density at radius 1 is 1.22 bits per heavy atom. The van der Waals surface area contributed by atoms with Crippen molar-refractivity contribution in [2.45, 2.75) is 6.92 Å². The highest BCUT2D eigenvalue weighted by Crippen LogP contribution is 2.25. The molecule has 0 aliphatic heterocycles. The molecule has 0 unspecified atom stereocenters. The van der Waals surface area contributed by atoms with Gasteiger partial charge in [0.25, 0.3) is 0 Å². The third-order valence-corrected chi connectivity index (χ3v) is 2.67. The van der Waals surface area contributed by atoms with Crippen molar-refractivity contribution in [3.05, 3.63) is 59.9 Å². The maximum Gasteiger partial charge on any atom is 0.328 e. The molecule has 0 aliphatic carbocycles. The Balaban J connectivity index is 2.54. The Hall–Kier alpha value is -2.42. The van der Waals surface area contributed by atoms with Gasteiger partial charge in [0.2, 0.25) is 0 Å². The molecule has 1 aromatic heterocycles. The number of aryl methyl sites for hydroxylation is 1. The molecule has 1 aromatic carbocycles. The van der Waals surface area contributed by atoms with E-state index in [0.717, 1.165) is 28.5 Å². The minimum Gasteiger partial charge on any atom is -0.478 e. The van der Waals surface area contributed by atoms with Gasteiger partial charge < -0.3 is 5.11 Å². The van der Waals surface area contributed by atoms with Gasteiger partial charge in [-0.05, 0) is 30.2 Å². The molecule has 2 aromatic rings. The largest absolute Gasteiger partial charge is 0.478 e. The molecule has 1 heterocycles. The zero-order chi connectivity index (χ0) is 13.0. The van der Waals surface area contributed by atoms with Gasteiger partial charge in [-0.2, -0.15) is 0 Å². The number of hydrogen-bond acceptors (Lipinski definition) is 2. The maximum atomic E-state index is 10.6. The van der Waals surface area contributed by atoms with Gasteiger partial charge in [-0.1, -0.05) is 30.3 Å². The lowest BCUT2D eigenvalue weighted by Gasteiger charge is -2.08. The Bertz CT molecular complexity index is 589. The van der Waals surface area contributed by atoms with Gasteiger partial charge in [0, 0.05) is 23.5 Å². The number of nitrogens with zero attached hydrogens (tertiary/aromatic N) is 1. The lowest BCUT2D eigenvalue weighted by molar-refractivity contribution is -0.131. The normalized spacial score (nSPS) is 10.7. The number of benzene rings is 1. The fraction of sp³-hybridized carbons (Fsp3) is 0.0667. The van der Waals surface area contributed by atoms with Crippen LogP contribution in [0, 0.1) is 6.92 Å². The average Bonchev–Trinajstić information content (AvgIpc) is 2.38.